The Kier molecular flexibility index (Phi) is 4.43. The molecule has 18 heavy (non-hydrogen) atoms. The minimum Gasteiger partial charge on any atom is -0.377 e. The fourth-order valence-corrected chi connectivity index (χ4v) is 2.23. The highest BCUT2D eigenvalue weighted by molar-refractivity contribution is 9.10. The predicted molar refractivity (Wildman–Crippen MR) is 75.7 cm³/mol. The van der Waals surface area contributed by atoms with Crippen molar-refractivity contribution in [3.05, 3.63) is 56.5 Å². The maximum Gasteiger partial charge on any atom is 0.126 e. The molecule has 1 N–H and O–H groups in total. The number of nitrogens with one attached hydrogen (secondary N) is 1. The molecule has 0 fully saturated rings. The maximum absolute atomic E-state index is 13.0. The first-order chi connectivity index (χ1) is 8.56. The van der Waals surface area contributed by atoms with Crippen molar-refractivity contribution in [3.63, 3.8) is 0 Å². The van der Waals surface area contributed by atoms with E-state index in [1.807, 2.05) is 12.1 Å². The molecule has 0 aliphatic rings. The molecule has 2 rings (SSSR count). The molecule has 0 aliphatic heterocycles. The van der Waals surface area contributed by atoms with Crippen LogP contribution < -0.4 is 5.32 Å². The van der Waals surface area contributed by atoms with Crippen LogP contribution in [-0.4, -0.2) is 4.98 Å². The topological polar surface area (TPSA) is 24.9 Å². The summed E-state index contributed by atoms with van der Waals surface area (Å²) in [6, 6.07) is 6.18. The lowest BCUT2D eigenvalue weighted by molar-refractivity contribution is 0.628. The normalized spacial score (nSPS) is 10.4. The number of nitrogens with zero attached hydrogens (tertiary/aromatic N) is 1. The Morgan fingerprint density at radius 3 is 2.44 bits per heavy atom. The van der Waals surface area contributed by atoms with Crippen molar-refractivity contribution in [2.24, 2.45) is 0 Å². The fourth-order valence-electron chi connectivity index (χ4n) is 1.40. The van der Waals surface area contributed by atoms with Gasteiger partial charge in [-0.15, -0.1) is 0 Å². The van der Waals surface area contributed by atoms with E-state index in [0.717, 1.165) is 10.2 Å². The molecule has 0 bridgehead atoms. The number of hydrogen-bond donors (Lipinski definition) is 1. The van der Waals surface area contributed by atoms with Crippen LogP contribution in [0, 0.1) is 5.82 Å². The number of pyridine rings is 1. The van der Waals surface area contributed by atoms with Gasteiger partial charge in [0, 0.05) is 10.7 Å². The molecule has 2 aromatic rings. The van der Waals surface area contributed by atoms with Gasteiger partial charge in [-0.1, -0.05) is 23.2 Å². The quantitative estimate of drug-likeness (QED) is 0.852. The highest BCUT2D eigenvalue weighted by Gasteiger charge is 2.08. The second-order valence-corrected chi connectivity index (χ2v) is 5.30. The van der Waals surface area contributed by atoms with Gasteiger partial charge in [0.1, 0.15) is 5.82 Å². The minimum atomic E-state index is -0.461. The SMILES string of the molecule is Fc1cc(Cl)c(NCc2ccc(Br)cn2)c(Cl)c1. The molecule has 0 spiro atoms. The van der Waals surface area contributed by atoms with Crippen molar-refractivity contribution < 1.29 is 4.39 Å². The Labute approximate surface area is 122 Å². The van der Waals surface area contributed by atoms with Crippen LogP contribution in [0.5, 0.6) is 0 Å². The van der Waals surface area contributed by atoms with Crippen LogP contribution in [0.15, 0.2) is 34.9 Å². The van der Waals surface area contributed by atoms with Crippen LogP contribution in [0.3, 0.4) is 0 Å². The second kappa shape index (κ2) is 5.87. The third-order valence-electron chi connectivity index (χ3n) is 2.24. The predicted octanol–water partition coefficient (Wildman–Crippen LogP) is 4.90. The zero-order valence-corrected chi connectivity index (χ0v) is 12.2. The molecule has 0 unspecified atom stereocenters. The fraction of sp³-hybridized carbons (Fsp3) is 0.0833. The van der Waals surface area contributed by atoms with E-state index in [4.69, 9.17) is 23.2 Å². The van der Waals surface area contributed by atoms with Gasteiger partial charge in [-0.3, -0.25) is 4.98 Å². The molecule has 1 aromatic carbocycles. The summed E-state index contributed by atoms with van der Waals surface area (Å²) in [6.45, 7) is 0.457. The van der Waals surface area contributed by atoms with Crippen LogP contribution >= 0.6 is 39.1 Å². The van der Waals surface area contributed by atoms with Gasteiger partial charge in [-0.2, -0.15) is 0 Å². The number of hydrogen-bond acceptors (Lipinski definition) is 2. The molecule has 0 amide bonds. The summed E-state index contributed by atoms with van der Waals surface area (Å²) < 4.78 is 13.9. The van der Waals surface area contributed by atoms with Crippen molar-refractivity contribution >= 4 is 44.8 Å². The number of anilines is 1. The highest BCUT2D eigenvalue weighted by Crippen LogP contribution is 2.31. The molecule has 6 heteroatoms. The van der Waals surface area contributed by atoms with Crippen molar-refractivity contribution in [2.75, 3.05) is 5.32 Å². The first kappa shape index (κ1) is 13.6. The second-order valence-electron chi connectivity index (χ2n) is 3.57. The highest BCUT2D eigenvalue weighted by atomic mass is 79.9. The summed E-state index contributed by atoms with van der Waals surface area (Å²) in [5.41, 5.74) is 1.33. The lowest BCUT2D eigenvalue weighted by Crippen LogP contribution is -2.02. The van der Waals surface area contributed by atoms with Crippen LogP contribution in [0.4, 0.5) is 10.1 Å². The van der Waals surface area contributed by atoms with E-state index >= 15 is 0 Å². The summed E-state index contributed by atoms with van der Waals surface area (Å²) in [6.07, 6.45) is 1.70. The number of rotatable bonds is 3. The molecule has 0 saturated carbocycles. The van der Waals surface area contributed by atoms with Crippen LogP contribution in [0.25, 0.3) is 0 Å². The van der Waals surface area contributed by atoms with E-state index in [0.29, 0.717) is 12.2 Å². The largest absolute Gasteiger partial charge is 0.377 e. The zero-order valence-electron chi connectivity index (χ0n) is 9.05. The maximum atomic E-state index is 13.0. The molecule has 1 heterocycles. The average molecular weight is 350 g/mol. The zero-order chi connectivity index (χ0) is 13.1. The van der Waals surface area contributed by atoms with E-state index in [1.54, 1.807) is 6.20 Å². The van der Waals surface area contributed by atoms with Gasteiger partial charge in [0.25, 0.3) is 0 Å². The lowest BCUT2D eigenvalue weighted by Gasteiger charge is -2.10. The Morgan fingerprint density at radius 2 is 1.89 bits per heavy atom. The first-order valence-corrected chi connectivity index (χ1v) is 6.60. The molecule has 0 saturated heterocycles. The minimum absolute atomic E-state index is 0.247. The van der Waals surface area contributed by atoms with Crippen LogP contribution in [0.1, 0.15) is 5.69 Å². The first-order valence-electron chi connectivity index (χ1n) is 5.05. The van der Waals surface area contributed by atoms with Gasteiger partial charge in [0.05, 0.1) is 28.0 Å². The summed E-state index contributed by atoms with van der Waals surface area (Å²) in [7, 11) is 0. The molecule has 2 nitrogen and oxygen atoms in total. The van der Waals surface area contributed by atoms with Gasteiger partial charge in [0.15, 0.2) is 0 Å². The molecule has 0 aliphatic carbocycles. The van der Waals surface area contributed by atoms with Crippen molar-refractivity contribution in [1.29, 1.82) is 0 Å². The number of benzene rings is 1. The lowest BCUT2D eigenvalue weighted by atomic mass is 10.3. The van der Waals surface area contributed by atoms with E-state index in [-0.39, 0.29) is 10.0 Å². The summed E-state index contributed by atoms with van der Waals surface area (Å²) in [4.78, 5) is 4.20. The van der Waals surface area contributed by atoms with Gasteiger partial charge < -0.3 is 5.32 Å². The van der Waals surface area contributed by atoms with Gasteiger partial charge in [-0.05, 0) is 40.2 Å². The Hall–Kier alpha value is -0.840. The van der Waals surface area contributed by atoms with Crippen molar-refractivity contribution in [2.45, 2.75) is 6.54 Å². The molecule has 1 aromatic heterocycles. The average Bonchev–Trinajstić information content (AvgIpc) is 2.30. The van der Waals surface area contributed by atoms with Crippen LogP contribution in [-0.2, 0) is 6.54 Å². The van der Waals surface area contributed by atoms with Gasteiger partial charge in [0.2, 0.25) is 0 Å². The van der Waals surface area contributed by atoms with E-state index in [9.17, 15) is 4.39 Å². The summed E-state index contributed by atoms with van der Waals surface area (Å²) in [5.74, 6) is -0.461. The molecule has 94 valence electrons. The van der Waals surface area contributed by atoms with E-state index < -0.39 is 5.82 Å². The third kappa shape index (κ3) is 3.34. The standard InChI is InChI=1S/C12H8BrCl2FN2/c13-7-1-2-9(17-5-7)6-18-12-10(14)3-8(16)4-11(12)15/h1-5,18H,6H2. The van der Waals surface area contributed by atoms with Crippen molar-refractivity contribution in [3.8, 4) is 0 Å². The third-order valence-corrected chi connectivity index (χ3v) is 3.31. The van der Waals surface area contributed by atoms with Crippen LogP contribution in [0.2, 0.25) is 10.0 Å². The number of halogens is 4. The van der Waals surface area contributed by atoms with E-state index in [2.05, 4.69) is 26.2 Å². The monoisotopic (exact) mass is 348 g/mol. The van der Waals surface area contributed by atoms with Gasteiger partial charge >= 0.3 is 0 Å². The van der Waals surface area contributed by atoms with Crippen molar-refractivity contribution in [1.82, 2.24) is 4.98 Å². The Balaban J connectivity index is 2.13. The summed E-state index contributed by atoms with van der Waals surface area (Å²) in [5, 5.41) is 3.53. The van der Waals surface area contributed by atoms with Gasteiger partial charge in [-0.25, -0.2) is 4.39 Å². The number of aromatic nitrogens is 1. The molecule has 0 atom stereocenters. The Morgan fingerprint density at radius 1 is 1.22 bits per heavy atom. The summed E-state index contributed by atoms with van der Waals surface area (Å²) >= 11 is 15.1. The molecular weight excluding hydrogens is 342 g/mol. The smallest absolute Gasteiger partial charge is 0.126 e. The van der Waals surface area contributed by atoms with E-state index in [1.165, 1.54) is 12.1 Å². The molecule has 0 radical (unpaired) electrons. The Bertz CT molecular complexity index is 537. The molecular formula is C12H8BrCl2FN2.